The molecule has 0 aliphatic heterocycles. The summed E-state index contributed by atoms with van der Waals surface area (Å²) in [7, 11) is 0. The third-order valence-corrected chi connectivity index (χ3v) is 3.06. The summed E-state index contributed by atoms with van der Waals surface area (Å²) in [6.45, 7) is 3.82. The number of nitrogens with one attached hydrogen (secondary N) is 1. The predicted molar refractivity (Wildman–Crippen MR) is 67.1 cm³/mol. The number of benzene rings is 1. The lowest BCUT2D eigenvalue weighted by Crippen LogP contribution is -2.19. The molecule has 0 fully saturated rings. The van der Waals surface area contributed by atoms with E-state index in [9.17, 15) is 4.79 Å². The van der Waals surface area contributed by atoms with Gasteiger partial charge in [-0.15, -0.1) is 0 Å². The Hall–Kier alpha value is -1.55. The van der Waals surface area contributed by atoms with Gasteiger partial charge in [0.05, 0.1) is 10.4 Å². The molecule has 17 heavy (non-hydrogen) atoms. The Balaban J connectivity index is 2.34. The first kappa shape index (κ1) is 11.9. The van der Waals surface area contributed by atoms with E-state index in [4.69, 9.17) is 16.1 Å². The predicted octanol–water partition coefficient (Wildman–Crippen LogP) is 3.47. The fourth-order valence-corrected chi connectivity index (χ4v) is 1.72. The molecular formula is C12H13ClN2O2. The third-order valence-electron chi connectivity index (χ3n) is 2.75. The molecule has 1 aromatic heterocycles. The van der Waals surface area contributed by atoms with Crippen LogP contribution in [0.1, 0.15) is 20.3 Å². The van der Waals surface area contributed by atoms with Gasteiger partial charge in [0.25, 0.3) is 0 Å². The first-order chi connectivity index (χ1) is 8.13. The van der Waals surface area contributed by atoms with Gasteiger partial charge in [-0.3, -0.25) is 4.79 Å². The summed E-state index contributed by atoms with van der Waals surface area (Å²) in [5.41, 5.74) is 0.567. The Kier molecular flexibility index (Phi) is 3.33. The molecule has 0 aliphatic carbocycles. The van der Waals surface area contributed by atoms with Gasteiger partial charge in [-0.25, -0.2) is 0 Å². The molecule has 1 aromatic carbocycles. The van der Waals surface area contributed by atoms with Gasteiger partial charge in [-0.1, -0.05) is 36.7 Å². The fraction of sp³-hybridized carbons (Fsp3) is 0.333. The number of carbonyl (C=O) groups is 1. The number of carbonyl (C=O) groups excluding carboxylic acids is 1. The maximum Gasteiger partial charge on any atom is 0.228 e. The minimum absolute atomic E-state index is 0.0655. The molecule has 0 radical (unpaired) electrons. The van der Waals surface area contributed by atoms with Crippen molar-refractivity contribution in [2.45, 2.75) is 20.3 Å². The molecule has 1 amide bonds. The average Bonchev–Trinajstić information content (AvgIpc) is 2.72. The number of anilines is 1. The number of halogens is 1. The highest BCUT2D eigenvalue weighted by Gasteiger charge is 2.16. The molecule has 2 aromatic rings. The average molecular weight is 253 g/mol. The molecule has 5 heteroatoms. The van der Waals surface area contributed by atoms with Crippen LogP contribution in [0.2, 0.25) is 5.02 Å². The number of hydrogen-bond acceptors (Lipinski definition) is 3. The van der Waals surface area contributed by atoms with Gasteiger partial charge in [-0.2, -0.15) is 0 Å². The molecule has 1 unspecified atom stereocenters. The van der Waals surface area contributed by atoms with E-state index in [2.05, 4.69) is 10.5 Å². The summed E-state index contributed by atoms with van der Waals surface area (Å²) in [6.07, 6.45) is 0.773. The van der Waals surface area contributed by atoms with Crippen molar-refractivity contribution in [2.24, 2.45) is 5.92 Å². The van der Waals surface area contributed by atoms with Crippen LogP contribution in [0.15, 0.2) is 22.7 Å². The van der Waals surface area contributed by atoms with E-state index in [0.29, 0.717) is 21.8 Å². The Labute approximate surface area is 104 Å². The number of hydrogen-bond donors (Lipinski definition) is 1. The maximum atomic E-state index is 11.8. The third kappa shape index (κ3) is 2.26. The standard InChI is InChI=1S/C12H13ClN2O2/c1-3-7(2)12(16)14-11-10-8(13)5-4-6-9(10)17-15-11/h4-7H,3H2,1-2H3,(H,14,15,16). The zero-order valence-corrected chi connectivity index (χ0v) is 10.4. The maximum absolute atomic E-state index is 11.8. The second-order valence-electron chi connectivity index (χ2n) is 3.94. The Morgan fingerprint density at radius 1 is 1.59 bits per heavy atom. The lowest BCUT2D eigenvalue weighted by Gasteiger charge is -2.07. The molecule has 0 bridgehead atoms. The Bertz CT molecular complexity index is 550. The van der Waals surface area contributed by atoms with Crippen molar-refractivity contribution in [1.82, 2.24) is 5.16 Å². The van der Waals surface area contributed by atoms with Gasteiger partial charge < -0.3 is 9.84 Å². The van der Waals surface area contributed by atoms with E-state index < -0.39 is 0 Å². The lowest BCUT2D eigenvalue weighted by atomic mass is 10.1. The second kappa shape index (κ2) is 4.75. The Morgan fingerprint density at radius 3 is 3.06 bits per heavy atom. The van der Waals surface area contributed by atoms with Gasteiger partial charge in [0.1, 0.15) is 0 Å². The second-order valence-corrected chi connectivity index (χ2v) is 4.35. The van der Waals surface area contributed by atoms with Crippen molar-refractivity contribution in [3.8, 4) is 0 Å². The zero-order chi connectivity index (χ0) is 12.4. The van der Waals surface area contributed by atoms with Crippen molar-refractivity contribution >= 4 is 34.3 Å². The van der Waals surface area contributed by atoms with Crippen molar-refractivity contribution < 1.29 is 9.32 Å². The number of rotatable bonds is 3. The first-order valence-corrected chi connectivity index (χ1v) is 5.86. The van der Waals surface area contributed by atoms with Crippen molar-refractivity contribution in [3.63, 3.8) is 0 Å². The van der Waals surface area contributed by atoms with E-state index in [-0.39, 0.29) is 11.8 Å². The van der Waals surface area contributed by atoms with Crippen LogP contribution >= 0.6 is 11.6 Å². The lowest BCUT2D eigenvalue weighted by molar-refractivity contribution is -0.119. The summed E-state index contributed by atoms with van der Waals surface area (Å²) >= 11 is 6.05. The molecule has 1 heterocycles. The summed E-state index contributed by atoms with van der Waals surface area (Å²) in [4.78, 5) is 11.8. The van der Waals surface area contributed by atoms with Crippen LogP contribution in [0.5, 0.6) is 0 Å². The van der Waals surface area contributed by atoms with Gasteiger partial charge in [0, 0.05) is 5.92 Å². The van der Waals surface area contributed by atoms with Crippen LogP contribution < -0.4 is 5.32 Å². The fourth-order valence-electron chi connectivity index (χ4n) is 1.46. The molecule has 0 saturated heterocycles. The van der Waals surface area contributed by atoms with Crippen molar-refractivity contribution in [3.05, 3.63) is 23.2 Å². The highest BCUT2D eigenvalue weighted by Crippen LogP contribution is 2.30. The number of nitrogens with zero attached hydrogens (tertiary/aromatic N) is 1. The van der Waals surface area contributed by atoms with Crippen LogP contribution in [-0.2, 0) is 4.79 Å². The summed E-state index contributed by atoms with van der Waals surface area (Å²) in [5.74, 6) is 0.239. The largest absolute Gasteiger partial charge is 0.354 e. The van der Waals surface area contributed by atoms with E-state index in [1.807, 2.05) is 13.8 Å². The van der Waals surface area contributed by atoms with Gasteiger partial charge in [0.2, 0.25) is 5.91 Å². The van der Waals surface area contributed by atoms with Crippen LogP contribution in [0.3, 0.4) is 0 Å². The number of fused-ring (bicyclic) bond motifs is 1. The van der Waals surface area contributed by atoms with E-state index >= 15 is 0 Å². The summed E-state index contributed by atoms with van der Waals surface area (Å²) < 4.78 is 5.09. The number of aromatic nitrogens is 1. The van der Waals surface area contributed by atoms with Crippen LogP contribution in [0.25, 0.3) is 11.0 Å². The van der Waals surface area contributed by atoms with Crippen LogP contribution in [0.4, 0.5) is 5.82 Å². The SMILES string of the molecule is CCC(C)C(=O)Nc1noc2cccc(Cl)c12. The quantitative estimate of drug-likeness (QED) is 0.910. The molecule has 2 rings (SSSR count). The molecule has 0 aliphatic rings. The normalized spacial score (nSPS) is 12.6. The highest BCUT2D eigenvalue weighted by molar-refractivity contribution is 6.36. The number of amides is 1. The topological polar surface area (TPSA) is 55.1 Å². The molecule has 1 N–H and O–H groups in total. The zero-order valence-electron chi connectivity index (χ0n) is 9.66. The molecule has 90 valence electrons. The van der Waals surface area contributed by atoms with Gasteiger partial charge >= 0.3 is 0 Å². The van der Waals surface area contributed by atoms with Gasteiger partial charge in [-0.05, 0) is 18.6 Å². The summed E-state index contributed by atoms with van der Waals surface area (Å²) in [5, 5.41) is 7.71. The van der Waals surface area contributed by atoms with Crippen LogP contribution in [-0.4, -0.2) is 11.1 Å². The van der Waals surface area contributed by atoms with Gasteiger partial charge in [0.15, 0.2) is 11.4 Å². The highest BCUT2D eigenvalue weighted by atomic mass is 35.5. The Morgan fingerprint density at radius 2 is 2.35 bits per heavy atom. The van der Waals surface area contributed by atoms with Crippen LogP contribution in [0, 0.1) is 5.92 Å². The smallest absolute Gasteiger partial charge is 0.228 e. The van der Waals surface area contributed by atoms with E-state index in [1.54, 1.807) is 18.2 Å². The minimum Gasteiger partial charge on any atom is -0.354 e. The van der Waals surface area contributed by atoms with Crippen molar-refractivity contribution in [1.29, 1.82) is 0 Å². The molecule has 0 spiro atoms. The molecule has 4 nitrogen and oxygen atoms in total. The molecule has 0 saturated carbocycles. The van der Waals surface area contributed by atoms with E-state index in [0.717, 1.165) is 6.42 Å². The monoisotopic (exact) mass is 252 g/mol. The minimum atomic E-state index is -0.0809. The van der Waals surface area contributed by atoms with E-state index in [1.165, 1.54) is 0 Å². The molecule has 1 atom stereocenters. The summed E-state index contributed by atoms with van der Waals surface area (Å²) in [6, 6.07) is 5.27. The first-order valence-electron chi connectivity index (χ1n) is 5.48. The molecular weight excluding hydrogens is 240 g/mol. The van der Waals surface area contributed by atoms with Crippen molar-refractivity contribution in [2.75, 3.05) is 5.32 Å².